The van der Waals surface area contributed by atoms with Crippen molar-refractivity contribution in [2.75, 3.05) is 18.5 Å². The van der Waals surface area contributed by atoms with Crippen molar-refractivity contribution in [3.63, 3.8) is 0 Å². The first kappa shape index (κ1) is 18.8. The Hall–Kier alpha value is -3.20. The first-order chi connectivity index (χ1) is 14.7. The lowest BCUT2D eigenvalue weighted by molar-refractivity contribution is 0.0794. The molecule has 1 saturated heterocycles. The standard InChI is InChI=1S/C21H22N4O5/c26-19(17-11-29-20(23-17)14-7-9-27-10-8-14)22-15-3-5-16(6-4-15)28-12-18-24-21(30-25-18)13-1-2-13/h3-6,11,13-14H,1-2,7-10,12H2,(H,22,26). The van der Waals surface area contributed by atoms with Crippen LogP contribution in [0.25, 0.3) is 0 Å². The predicted molar refractivity (Wildman–Crippen MR) is 104 cm³/mol. The highest BCUT2D eigenvalue weighted by atomic mass is 16.5. The van der Waals surface area contributed by atoms with E-state index in [0.717, 1.165) is 25.7 Å². The van der Waals surface area contributed by atoms with Gasteiger partial charge < -0.3 is 23.7 Å². The van der Waals surface area contributed by atoms with E-state index in [1.807, 2.05) is 0 Å². The van der Waals surface area contributed by atoms with E-state index < -0.39 is 0 Å². The smallest absolute Gasteiger partial charge is 0.277 e. The fourth-order valence-electron chi connectivity index (χ4n) is 3.32. The number of aromatic nitrogens is 3. The van der Waals surface area contributed by atoms with E-state index in [1.54, 1.807) is 24.3 Å². The molecule has 5 rings (SSSR count). The summed E-state index contributed by atoms with van der Waals surface area (Å²) in [5.74, 6) is 2.78. The lowest BCUT2D eigenvalue weighted by Gasteiger charge is -2.18. The second-order valence-corrected chi connectivity index (χ2v) is 7.55. The molecule has 1 N–H and O–H groups in total. The summed E-state index contributed by atoms with van der Waals surface area (Å²) in [6, 6.07) is 7.07. The van der Waals surface area contributed by atoms with Crippen LogP contribution < -0.4 is 10.1 Å². The van der Waals surface area contributed by atoms with Crippen molar-refractivity contribution < 1.29 is 23.2 Å². The molecule has 1 amide bonds. The van der Waals surface area contributed by atoms with Gasteiger partial charge in [-0.2, -0.15) is 4.98 Å². The molecule has 1 aliphatic carbocycles. The third-order valence-electron chi connectivity index (χ3n) is 5.22. The van der Waals surface area contributed by atoms with Crippen molar-refractivity contribution in [1.82, 2.24) is 15.1 Å². The molecule has 0 unspecified atom stereocenters. The number of hydrogen-bond donors (Lipinski definition) is 1. The van der Waals surface area contributed by atoms with E-state index in [1.165, 1.54) is 6.26 Å². The number of anilines is 1. The number of ether oxygens (including phenoxy) is 2. The van der Waals surface area contributed by atoms with Crippen LogP contribution in [0, 0.1) is 0 Å². The molecular weight excluding hydrogens is 388 g/mol. The summed E-state index contributed by atoms with van der Waals surface area (Å²) in [5.41, 5.74) is 0.902. The fraction of sp³-hybridized carbons (Fsp3) is 0.429. The van der Waals surface area contributed by atoms with Crippen molar-refractivity contribution >= 4 is 11.6 Å². The number of nitrogens with one attached hydrogen (secondary N) is 1. The zero-order chi connectivity index (χ0) is 20.3. The first-order valence-corrected chi connectivity index (χ1v) is 10.1. The molecule has 1 saturated carbocycles. The number of nitrogens with zero attached hydrogens (tertiary/aromatic N) is 3. The van der Waals surface area contributed by atoms with Crippen LogP contribution in [0.3, 0.4) is 0 Å². The summed E-state index contributed by atoms with van der Waals surface area (Å²) in [6.45, 7) is 1.62. The number of hydrogen-bond acceptors (Lipinski definition) is 8. The zero-order valence-corrected chi connectivity index (χ0v) is 16.4. The van der Waals surface area contributed by atoms with Gasteiger partial charge in [-0.15, -0.1) is 0 Å². The number of amides is 1. The average Bonchev–Trinajstić information content (AvgIpc) is 3.32. The third-order valence-corrected chi connectivity index (χ3v) is 5.22. The molecule has 2 aliphatic rings. The number of carbonyl (C=O) groups is 1. The van der Waals surface area contributed by atoms with Gasteiger partial charge in [-0.25, -0.2) is 4.98 Å². The Bertz CT molecular complexity index is 1000. The van der Waals surface area contributed by atoms with Crippen LogP contribution in [-0.2, 0) is 11.3 Å². The highest BCUT2D eigenvalue weighted by molar-refractivity contribution is 6.02. The van der Waals surface area contributed by atoms with Gasteiger partial charge in [0.15, 0.2) is 18.2 Å². The molecule has 3 aromatic rings. The Morgan fingerprint density at radius 1 is 1.03 bits per heavy atom. The largest absolute Gasteiger partial charge is 0.485 e. The Balaban J connectivity index is 1.14. The number of benzene rings is 1. The number of carbonyl (C=O) groups excluding carboxylic acids is 1. The normalized spacial score (nSPS) is 17.1. The molecule has 0 atom stereocenters. The van der Waals surface area contributed by atoms with E-state index in [2.05, 4.69) is 20.4 Å². The van der Waals surface area contributed by atoms with Crippen LogP contribution in [-0.4, -0.2) is 34.2 Å². The summed E-state index contributed by atoms with van der Waals surface area (Å²) >= 11 is 0. The maximum atomic E-state index is 12.5. The lowest BCUT2D eigenvalue weighted by atomic mass is 10.0. The molecule has 9 nitrogen and oxygen atoms in total. The fourth-order valence-corrected chi connectivity index (χ4v) is 3.32. The molecule has 0 spiro atoms. The SMILES string of the molecule is O=C(Nc1ccc(OCc2noc(C3CC3)n2)cc1)c1coc(C2CCOCC2)n1. The van der Waals surface area contributed by atoms with E-state index in [9.17, 15) is 4.79 Å². The summed E-state index contributed by atoms with van der Waals surface area (Å²) in [6.07, 6.45) is 5.34. The Labute approximate surface area is 172 Å². The van der Waals surface area contributed by atoms with Gasteiger partial charge in [0.2, 0.25) is 11.7 Å². The van der Waals surface area contributed by atoms with Gasteiger partial charge in [0, 0.05) is 30.7 Å². The van der Waals surface area contributed by atoms with Gasteiger partial charge in [-0.1, -0.05) is 5.16 Å². The molecule has 0 bridgehead atoms. The second-order valence-electron chi connectivity index (χ2n) is 7.55. The highest BCUT2D eigenvalue weighted by Gasteiger charge is 2.29. The highest BCUT2D eigenvalue weighted by Crippen LogP contribution is 2.38. The van der Waals surface area contributed by atoms with Crippen molar-refractivity contribution in [3.05, 3.63) is 53.8 Å². The molecular formula is C21H22N4O5. The summed E-state index contributed by atoms with van der Waals surface area (Å²) < 4.78 is 21.8. The molecule has 156 valence electrons. The van der Waals surface area contributed by atoms with Crippen LogP contribution in [0.1, 0.15) is 65.6 Å². The lowest BCUT2D eigenvalue weighted by Crippen LogP contribution is -2.15. The minimum Gasteiger partial charge on any atom is -0.485 e. The summed E-state index contributed by atoms with van der Waals surface area (Å²) in [4.78, 5) is 21.1. The summed E-state index contributed by atoms with van der Waals surface area (Å²) in [5, 5.41) is 6.74. The van der Waals surface area contributed by atoms with E-state index in [-0.39, 0.29) is 24.1 Å². The third kappa shape index (κ3) is 4.35. The molecule has 3 heterocycles. The molecule has 1 aliphatic heterocycles. The maximum Gasteiger partial charge on any atom is 0.277 e. The predicted octanol–water partition coefficient (Wildman–Crippen LogP) is 3.66. The maximum absolute atomic E-state index is 12.5. The quantitative estimate of drug-likeness (QED) is 0.628. The molecule has 30 heavy (non-hydrogen) atoms. The Morgan fingerprint density at radius 3 is 2.57 bits per heavy atom. The van der Waals surface area contributed by atoms with Crippen LogP contribution >= 0.6 is 0 Å². The molecule has 1 aromatic carbocycles. The van der Waals surface area contributed by atoms with Gasteiger partial charge in [0.05, 0.1) is 0 Å². The van der Waals surface area contributed by atoms with Crippen molar-refractivity contribution in [2.24, 2.45) is 0 Å². The van der Waals surface area contributed by atoms with Gasteiger partial charge in [0.25, 0.3) is 5.91 Å². The van der Waals surface area contributed by atoms with Gasteiger partial charge in [0.1, 0.15) is 12.0 Å². The van der Waals surface area contributed by atoms with Gasteiger partial charge in [-0.3, -0.25) is 4.79 Å². The minimum atomic E-state index is -0.315. The van der Waals surface area contributed by atoms with Crippen LogP contribution in [0.4, 0.5) is 5.69 Å². The number of oxazole rings is 1. The Morgan fingerprint density at radius 2 is 1.80 bits per heavy atom. The van der Waals surface area contributed by atoms with Crippen molar-refractivity contribution in [3.8, 4) is 5.75 Å². The summed E-state index contributed by atoms with van der Waals surface area (Å²) in [7, 11) is 0. The van der Waals surface area contributed by atoms with Crippen molar-refractivity contribution in [1.29, 1.82) is 0 Å². The first-order valence-electron chi connectivity index (χ1n) is 10.1. The van der Waals surface area contributed by atoms with Crippen molar-refractivity contribution in [2.45, 2.75) is 44.1 Å². The van der Waals surface area contributed by atoms with Gasteiger partial charge >= 0.3 is 0 Å². The number of rotatable bonds is 7. The van der Waals surface area contributed by atoms with E-state index in [4.69, 9.17) is 18.4 Å². The molecule has 0 radical (unpaired) electrons. The topological polar surface area (TPSA) is 113 Å². The van der Waals surface area contributed by atoms with Crippen LogP contribution in [0.15, 0.2) is 39.5 Å². The van der Waals surface area contributed by atoms with Crippen LogP contribution in [0.5, 0.6) is 5.75 Å². The monoisotopic (exact) mass is 410 g/mol. The molecule has 2 aromatic heterocycles. The van der Waals surface area contributed by atoms with Crippen LogP contribution in [0.2, 0.25) is 0 Å². The Kier molecular flexibility index (Phi) is 5.18. The van der Waals surface area contributed by atoms with E-state index in [0.29, 0.717) is 48.2 Å². The molecule has 9 heteroatoms. The second kappa shape index (κ2) is 8.27. The zero-order valence-electron chi connectivity index (χ0n) is 16.4. The van der Waals surface area contributed by atoms with E-state index >= 15 is 0 Å². The average molecular weight is 410 g/mol. The molecule has 2 fully saturated rings. The minimum absolute atomic E-state index is 0.205. The van der Waals surface area contributed by atoms with Gasteiger partial charge in [-0.05, 0) is 49.9 Å².